The van der Waals surface area contributed by atoms with Gasteiger partial charge in [-0.15, -0.1) is 0 Å². The molecule has 1 aromatic heterocycles. The van der Waals surface area contributed by atoms with Crippen LogP contribution in [0, 0.1) is 10.2 Å². The third-order valence-electron chi connectivity index (χ3n) is 4.00. The van der Waals surface area contributed by atoms with Crippen molar-refractivity contribution < 1.29 is 0 Å². The van der Waals surface area contributed by atoms with Crippen LogP contribution in [-0.4, -0.2) is 9.55 Å². The second kappa shape index (κ2) is 4.10. The van der Waals surface area contributed by atoms with Crippen molar-refractivity contribution in [2.75, 3.05) is 0 Å². The predicted octanol–water partition coefficient (Wildman–Crippen LogP) is 5.10. The first-order chi connectivity index (χ1) is 8.48. The summed E-state index contributed by atoms with van der Waals surface area (Å²) in [6, 6.07) is 6.40. The maximum absolute atomic E-state index is 6.34. The fourth-order valence-corrected chi connectivity index (χ4v) is 3.72. The summed E-state index contributed by atoms with van der Waals surface area (Å²) in [5.41, 5.74) is 2.51. The molecule has 0 spiro atoms. The Balaban J connectivity index is 2.18. The van der Waals surface area contributed by atoms with Gasteiger partial charge in [0.2, 0.25) is 0 Å². The van der Waals surface area contributed by atoms with Crippen LogP contribution in [0.1, 0.15) is 39.2 Å². The van der Waals surface area contributed by atoms with Gasteiger partial charge in [-0.3, -0.25) is 0 Å². The number of aromatic nitrogens is 2. The Hall–Kier alpha value is -0.800. The summed E-state index contributed by atoms with van der Waals surface area (Å²) in [6.07, 6.45) is 3.59. The highest BCUT2D eigenvalue weighted by Gasteiger charge is 2.33. The number of fused-ring (bicyclic) bond motifs is 1. The molecular formula is C14H17ClN2S. The molecule has 0 aliphatic heterocycles. The molecular weight excluding hydrogens is 264 g/mol. The Morgan fingerprint density at radius 1 is 1.44 bits per heavy atom. The normalized spacial score (nSPS) is 22.7. The van der Waals surface area contributed by atoms with Crippen molar-refractivity contribution in [2.24, 2.45) is 5.41 Å². The predicted molar refractivity (Wildman–Crippen MR) is 78.8 cm³/mol. The van der Waals surface area contributed by atoms with Gasteiger partial charge in [0.15, 0.2) is 4.77 Å². The lowest BCUT2D eigenvalue weighted by molar-refractivity contribution is 0.360. The van der Waals surface area contributed by atoms with E-state index in [0.29, 0.717) is 11.5 Å². The van der Waals surface area contributed by atoms with Gasteiger partial charge >= 0.3 is 0 Å². The van der Waals surface area contributed by atoms with Gasteiger partial charge in [-0.1, -0.05) is 31.5 Å². The van der Waals surface area contributed by atoms with E-state index in [1.165, 1.54) is 19.3 Å². The number of hydrogen-bond donors (Lipinski definition) is 1. The lowest BCUT2D eigenvalue weighted by atomic mass is 9.92. The maximum Gasteiger partial charge on any atom is 0.178 e. The first-order valence-electron chi connectivity index (χ1n) is 6.37. The Morgan fingerprint density at radius 2 is 2.22 bits per heavy atom. The van der Waals surface area contributed by atoms with Gasteiger partial charge in [-0.2, -0.15) is 0 Å². The number of H-pyrrole nitrogens is 1. The summed E-state index contributed by atoms with van der Waals surface area (Å²) in [7, 11) is 0. The van der Waals surface area contributed by atoms with Crippen molar-refractivity contribution in [1.29, 1.82) is 0 Å². The number of benzene rings is 1. The topological polar surface area (TPSA) is 20.7 Å². The summed E-state index contributed by atoms with van der Waals surface area (Å²) < 4.78 is 3.02. The molecule has 1 fully saturated rings. The number of nitrogens with zero attached hydrogens (tertiary/aromatic N) is 1. The Kier molecular flexibility index (Phi) is 2.79. The minimum absolute atomic E-state index is 0.407. The van der Waals surface area contributed by atoms with Gasteiger partial charge in [-0.25, -0.2) is 0 Å². The molecule has 1 saturated carbocycles. The molecule has 1 unspecified atom stereocenters. The van der Waals surface area contributed by atoms with Crippen molar-refractivity contribution >= 4 is 34.9 Å². The number of halogens is 1. The largest absolute Gasteiger partial charge is 0.331 e. The number of aromatic amines is 1. The third kappa shape index (κ3) is 1.90. The standard InChI is InChI=1S/C14H17ClN2S/c1-14(2)7-6-9(8-14)17-12-10(15)4-3-5-11(12)16-13(17)18/h3-5,9H,6-8H2,1-2H3,(H,16,18). The van der Waals surface area contributed by atoms with E-state index < -0.39 is 0 Å². The Morgan fingerprint density at radius 3 is 2.89 bits per heavy atom. The summed E-state index contributed by atoms with van der Waals surface area (Å²) in [5, 5.41) is 0.782. The summed E-state index contributed by atoms with van der Waals surface area (Å²) in [5.74, 6) is 0. The second-order valence-corrected chi connectivity index (χ2v) is 6.79. The molecule has 1 aliphatic carbocycles. The van der Waals surface area contributed by atoms with Crippen molar-refractivity contribution in [3.63, 3.8) is 0 Å². The van der Waals surface area contributed by atoms with Crippen LogP contribution in [0.2, 0.25) is 5.02 Å². The number of hydrogen-bond acceptors (Lipinski definition) is 1. The van der Waals surface area contributed by atoms with E-state index in [2.05, 4.69) is 23.4 Å². The van der Waals surface area contributed by atoms with Crippen LogP contribution in [-0.2, 0) is 0 Å². The van der Waals surface area contributed by atoms with E-state index in [1.54, 1.807) is 0 Å². The fourth-order valence-electron chi connectivity index (χ4n) is 3.11. The van der Waals surface area contributed by atoms with Gasteiger partial charge in [0.1, 0.15) is 0 Å². The Bertz CT molecular complexity index is 653. The van der Waals surface area contributed by atoms with Gasteiger partial charge in [0.25, 0.3) is 0 Å². The van der Waals surface area contributed by atoms with Crippen LogP contribution in [0.25, 0.3) is 11.0 Å². The first-order valence-corrected chi connectivity index (χ1v) is 7.15. The van der Waals surface area contributed by atoms with E-state index >= 15 is 0 Å². The smallest absolute Gasteiger partial charge is 0.178 e. The third-order valence-corrected chi connectivity index (χ3v) is 4.60. The van der Waals surface area contributed by atoms with Gasteiger partial charge in [0.05, 0.1) is 16.1 Å². The van der Waals surface area contributed by atoms with E-state index in [1.807, 2.05) is 18.2 Å². The molecule has 3 rings (SSSR count). The highest BCUT2D eigenvalue weighted by atomic mass is 35.5. The quantitative estimate of drug-likeness (QED) is 0.721. The second-order valence-electron chi connectivity index (χ2n) is 6.00. The lowest BCUT2D eigenvalue weighted by Crippen LogP contribution is -2.09. The van der Waals surface area contributed by atoms with Crippen molar-refractivity contribution in [1.82, 2.24) is 9.55 Å². The molecule has 4 heteroatoms. The monoisotopic (exact) mass is 280 g/mol. The lowest BCUT2D eigenvalue weighted by Gasteiger charge is -2.18. The molecule has 1 N–H and O–H groups in total. The zero-order valence-electron chi connectivity index (χ0n) is 10.7. The highest BCUT2D eigenvalue weighted by Crippen LogP contribution is 2.45. The minimum atomic E-state index is 0.407. The average molecular weight is 281 g/mol. The molecule has 2 aromatic rings. The SMILES string of the molecule is CC1(C)CCC(n2c(=S)[nH]c3cccc(Cl)c32)C1. The van der Waals surface area contributed by atoms with Crippen LogP contribution in [0.3, 0.4) is 0 Å². The van der Waals surface area contributed by atoms with Crippen molar-refractivity contribution in [3.8, 4) is 0 Å². The van der Waals surface area contributed by atoms with Gasteiger partial charge in [0, 0.05) is 6.04 Å². The van der Waals surface area contributed by atoms with Gasteiger partial charge < -0.3 is 9.55 Å². The van der Waals surface area contributed by atoms with E-state index in [-0.39, 0.29) is 0 Å². The van der Waals surface area contributed by atoms with E-state index in [0.717, 1.165) is 20.8 Å². The number of imidazole rings is 1. The van der Waals surface area contributed by atoms with Crippen LogP contribution in [0.4, 0.5) is 0 Å². The first kappa shape index (κ1) is 12.2. The van der Waals surface area contributed by atoms with Crippen LogP contribution >= 0.6 is 23.8 Å². The van der Waals surface area contributed by atoms with E-state index in [4.69, 9.17) is 23.8 Å². The molecule has 1 aliphatic rings. The summed E-state index contributed by atoms with van der Waals surface area (Å²) in [4.78, 5) is 3.27. The molecule has 2 nitrogen and oxygen atoms in total. The molecule has 0 radical (unpaired) electrons. The van der Waals surface area contributed by atoms with Crippen LogP contribution in [0.5, 0.6) is 0 Å². The minimum Gasteiger partial charge on any atom is -0.331 e. The summed E-state index contributed by atoms with van der Waals surface area (Å²) >= 11 is 11.8. The molecule has 0 bridgehead atoms. The number of rotatable bonds is 1. The van der Waals surface area contributed by atoms with Crippen molar-refractivity contribution in [2.45, 2.75) is 39.2 Å². The Labute approximate surface area is 117 Å². The van der Waals surface area contributed by atoms with Crippen molar-refractivity contribution in [3.05, 3.63) is 28.0 Å². The highest BCUT2D eigenvalue weighted by molar-refractivity contribution is 7.71. The molecule has 1 atom stereocenters. The van der Waals surface area contributed by atoms with Crippen LogP contribution in [0.15, 0.2) is 18.2 Å². The van der Waals surface area contributed by atoms with Crippen LogP contribution < -0.4 is 0 Å². The van der Waals surface area contributed by atoms with E-state index in [9.17, 15) is 0 Å². The fraction of sp³-hybridized carbons (Fsp3) is 0.500. The molecule has 1 aromatic carbocycles. The molecule has 96 valence electrons. The van der Waals surface area contributed by atoms with Gasteiger partial charge in [-0.05, 0) is 49.0 Å². The average Bonchev–Trinajstić information content (AvgIpc) is 2.79. The molecule has 0 amide bonds. The zero-order chi connectivity index (χ0) is 12.9. The zero-order valence-corrected chi connectivity index (χ0v) is 12.2. The maximum atomic E-state index is 6.34. The molecule has 18 heavy (non-hydrogen) atoms. The molecule has 0 saturated heterocycles. The molecule has 1 heterocycles. The summed E-state index contributed by atoms with van der Waals surface area (Å²) in [6.45, 7) is 4.65. The number of para-hydroxylation sites is 1. The number of nitrogens with one attached hydrogen (secondary N) is 1.